The summed E-state index contributed by atoms with van der Waals surface area (Å²) in [5.74, 6) is 0. The van der Waals surface area contributed by atoms with Crippen LogP contribution >= 0.6 is 0 Å². The van der Waals surface area contributed by atoms with Crippen molar-refractivity contribution in [3.63, 3.8) is 0 Å². The van der Waals surface area contributed by atoms with E-state index in [1.807, 2.05) is 36.4 Å². The molecule has 64 valence electrons. The van der Waals surface area contributed by atoms with Gasteiger partial charge in [-0.25, -0.2) is 0 Å². The Balaban J connectivity index is 0. The van der Waals surface area contributed by atoms with E-state index in [1.165, 1.54) is 0 Å². The maximum atomic E-state index is 8.78. The Morgan fingerprint density at radius 3 is 1.18 bits per heavy atom. The molecule has 0 aromatic heterocycles. The van der Waals surface area contributed by atoms with Gasteiger partial charge in [-0.2, -0.15) is 0 Å². The fraction of sp³-hybridized carbons (Fsp3) is 0.143. The molecule has 1 aromatic carbocycles. The lowest BCUT2D eigenvalue weighted by Gasteiger charge is -1.85. The second-order valence-corrected chi connectivity index (χ2v) is 1.94. The molecule has 0 heterocycles. The van der Waals surface area contributed by atoms with Crippen molar-refractivity contribution >= 4 is 11.3 Å². The summed E-state index contributed by atoms with van der Waals surface area (Å²) in [4.78, 5) is 0. The van der Waals surface area contributed by atoms with Gasteiger partial charge in [-0.15, -0.1) is 0 Å². The Bertz CT molecular complexity index is 148. The normalized spacial score (nSPS) is 10.0. The second-order valence-electron chi connectivity index (χ2n) is 1.42. The molecule has 0 radical (unpaired) electrons. The third-order valence-electron chi connectivity index (χ3n) is 0.667. The van der Waals surface area contributed by atoms with Crippen LogP contribution in [0, 0.1) is 0 Å². The Morgan fingerprint density at radius 1 is 1.00 bits per heavy atom. The third-order valence-corrected chi connectivity index (χ3v) is 0.667. The summed E-state index contributed by atoms with van der Waals surface area (Å²) in [6, 6.07) is 12.0. The van der Waals surface area contributed by atoms with Crippen molar-refractivity contribution in [2.45, 2.75) is 7.43 Å². The highest BCUT2D eigenvalue weighted by molar-refractivity contribution is 7.76. The van der Waals surface area contributed by atoms with Crippen LogP contribution in [0.2, 0.25) is 0 Å². The maximum absolute atomic E-state index is 8.78. The molecule has 3 nitrogen and oxygen atoms in total. The molecule has 0 amide bonds. The van der Waals surface area contributed by atoms with E-state index in [-0.39, 0.29) is 7.43 Å². The quantitative estimate of drug-likeness (QED) is 0.598. The first-order valence-electron chi connectivity index (χ1n) is 2.57. The first-order chi connectivity index (χ1) is 4.73. The van der Waals surface area contributed by atoms with Crippen molar-refractivity contribution in [2.75, 3.05) is 0 Å². The Labute approximate surface area is 69.7 Å². The van der Waals surface area contributed by atoms with Gasteiger partial charge in [0.2, 0.25) is 0 Å². The fourth-order valence-corrected chi connectivity index (χ4v) is 0.385. The molecular formula is C7H12NO2S-. The monoisotopic (exact) mass is 174 g/mol. The highest BCUT2D eigenvalue weighted by Gasteiger charge is 1.57. The Kier molecular flexibility index (Phi) is 10.9. The molecule has 4 heteroatoms. The summed E-state index contributed by atoms with van der Waals surface area (Å²) in [7, 11) is 0. The van der Waals surface area contributed by atoms with Gasteiger partial charge in [0.05, 0.1) is 0 Å². The summed E-state index contributed by atoms with van der Waals surface area (Å²) < 4.78 is 17.6. The van der Waals surface area contributed by atoms with Crippen LogP contribution < -0.4 is 5.14 Å². The molecule has 0 saturated heterocycles. The maximum Gasteiger partial charge on any atom is 0.0152 e. The molecule has 1 atom stereocenters. The average molecular weight is 174 g/mol. The van der Waals surface area contributed by atoms with E-state index in [2.05, 4.69) is 5.14 Å². The van der Waals surface area contributed by atoms with Gasteiger partial charge in [0.1, 0.15) is 0 Å². The van der Waals surface area contributed by atoms with Gasteiger partial charge in [-0.3, -0.25) is 9.35 Å². The van der Waals surface area contributed by atoms with Crippen LogP contribution in [0.15, 0.2) is 36.4 Å². The summed E-state index contributed by atoms with van der Waals surface area (Å²) in [6.07, 6.45) is 0. The van der Waals surface area contributed by atoms with Gasteiger partial charge in [-0.05, 0) is 0 Å². The molecule has 2 N–H and O–H groups in total. The predicted molar refractivity (Wildman–Crippen MR) is 46.3 cm³/mol. The Morgan fingerprint density at radius 2 is 1.09 bits per heavy atom. The molecule has 1 unspecified atom stereocenters. The SMILES string of the molecule is C.NS(=O)[O-].c1ccccc1. The molecule has 0 aliphatic heterocycles. The Hall–Kier alpha value is -0.710. The number of hydrogen-bond acceptors (Lipinski definition) is 2. The van der Waals surface area contributed by atoms with E-state index in [4.69, 9.17) is 8.76 Å². The van der Waals surface area contributed by atoms with Crippen molar-refractivity contribution in [3.05, 3.63) is 36.4 Å². The fourth-order valence-electron chi connectivity index (χ4n) is 0.385. The molecule has 0 fully saturated rings. The lowest BCUT2D eigenvalue weighted by molar-refractivity contribution is 0.539. The second kappa shape index (κ2) is 9.29. The van der Waals surface area contributed by atoms with Crippen LogP contribution in [0.1, 0.15) is 7.43 Å². The van der Waals surface area contributed by atoms with Crippen LogP contribution in [-0.4, -0.2) is 8.76 Å². The zero-order valence-corrected chi connectivity index (χ0v) is 6.08. The topological polar surface area (TPSA) is 66.2 Å². The predicted octanol–water partition coefficient (Wildman–Crippen LogP) is 1.06. The molecule has 0 bridgehead atoms. The number of nitrogens with two attached hydrogens (primary N) is 1. The molecule has 0 saturated carbocycles. The van der Waals surface area contributed by atoms with Crippen molar-refractivity contribution in [1.29, 1.82) is 0 Å². The van der Waals surface area contributed by atoms with Gasteiger partial charge >= 0.3 is 0 Å². The van der Waals surface area contributed by atoms with Crippen molar-refractivity contribution in [1.82, 2.24) is 0 Å². The van der Waals surface area contributed by atoms with Crippen LogP contribution in [0.5, 0.6) is 0 Å². The first kappa shape index (κ1) is 12.9. The largest absolute Gasteiger partial charge is 0.760 e. The van der Waals surface area contributed by atoms with Crippen LogP contribution in [0.25, 0.3) is 0 Å². The number of benzene rings is 1. The van der Waals surface area contributed by atoms with Crippen LogP contribution in [0.3, 0.4) is 0 Å². The van der Waals surface area contributed by atoms with Crippen LogP contribution in [-0.2, 0) is 11.3 Å². The van der Waals surface area contributed by atoms with Crippen molar-refractivity contribution in [3.8, 4) is 0 Å². The highest BCUT2D eigenvalue weighted by Crippen LogP contribution is 1.79. The first-order valence-corrected chi connectivity index (χ1v) is 3.71. The summed E-state index contributed by atoms with van der Waals surface area (Å²) in [5, 5.41) is 4.03. The molecule has 11 heavy (non-hydrogen) atoms. The third kappa shape index (κ3) is 17.6. The van der Waals surface area contributed by atoms with Gasteiger partial charge in [-0.1, -0.05) is 43.8 Å². The summed E-state index contributed by atoms with van der Waals surface area (Å²) in [5.41, 5.74) is 0. The van der Waals surface area contributed by atoms with Gasteiger partial charge in [0.25, 0.3) is 0 Å². The van der Waals surface area contributed by atoms with E-state index in [0.717, 1.165) is 0 Å². The van der Waals surface area contributed by atoms with Crippen molar-refractivity contribution in [2.24, 2.45) is 5.14 Å². The van der Waals surface area contributed by atoms with Gasteiger partial charge in [0, 0.05) is 11.3 Å². The van der Waals surface area contributed by atoms with E-state index in [9.17, 15) is 0 Å². The lowest BCUT2D eigenvalue weighted by Crippen LogP contribution is -1.97. The highest BCUT2D eigenvalue weighted by atomic mass is 32.2. The standard InChI is InChI=1S/C6H6.CH4.H3NO2S/c1-2-4-6-5-3-1;;1-4(2)3/h1-6H;1H4;1H2,(H,2,3)/p-1. The molecule has 0 spiro atoms. The van der Waals surface area contributed by atoms with E-state index in [1.54, 1.807) is 0 Å². The molecule has 0 aliphatic carbocycles. The minimum atomic E-state index is -2.36. The van der Waals surface area contributed by atoms with Gasteiger partial charge < -0.3 is 4.55 Å². The average Bonchev–Trinajstić information content (AvgIpc) is 1.90. The van der Waals surface area contributed by atoms with Crippen LogP contribution in [0.4, 0.5) is 0 Å². The van der Waals surface area contributed by atoms with E-state index < -0.39 is 11.3 Å². The molecule has 1 rings (SSSR count). The summed E-state index contributed by atoms with van der Waals surface area (Å²) in [6.45, 7) is 0. The minimum Gasteiger partial charge on any atom is -0.760 e. The zero-order chi connectivity index (χ0) is 7.82. The number of rotatable bonds is 0. The summed E-state index contributed by atoms with van der Waals surface area (Å²) >= 11 is -2.36. The lowest BCUT2D eigenvalue weighted by atomic mass is 10.4. The van der Waals surface area contributed by atoms with E-state index >= 15 is 0 Å². The number of hydrogen-bond donors (Lipinski definition) is 1. The van der Waals surface area contributed by atoms with Gasteiger partial charge in [0.15, 0.2) is 0 Å². The molecular weight excluding hydrogens is 162 g/mol. The van der Waals surface area contributed by atoms with Crippen molar-refractivity contribution < 1.29 is 8.76 Å². The van der Waals surface area contributed by atoms with E-state index in [0.29, 0.717) is 0 Å². The minimum absolute atomic E-state index is 0. The molecule has 1 aromatic rings. The molecule has 0 aliphatic rings. The smallest absolute Gasteiger partial charge is 0.0152 e. The zero-order valence-electron chi connectivity index (χ0n) is 5.27.